The number of carbonyl (C=O) groups is 1. The van der Waals surface area contributed by atoms with Crippen molar-refractivity contribution in [1.82, 2.24) is 4.98 Å². The predicted octanol–water partition coefficient (Wildman–Crippen LogP) is 3.24. The second-order valence-electron chi connectivity index (χ2n) is 4.06. The molecule has 0 aliphatic carbocycles. The van der Waals surface area contributed by atoms with Crippen LogP contribution >= 0.6 is 0 Å². The van der Waals surface area contributed by atoms with Gasteiger partial charge in [0.15, 0.2) is 0 Å². The minimum Gasteiger partial charge on any atom is -0.494 e. The molecule has 1 aromatic heterocycles. The minimum absolute atomic E-state index is 0.226. The lowest BCUT2D eigenvalue weighted by atomic mass is 10.1. The van der Waals surface area contributed by atoms with Gasteiger partial charge in [-0.3, -0.25) is 4.79 Å². The summed E-state index contributed by atoms with van der Waals surface area (Å²) in [6.45, 7) is 2.67. The first kappa shape index (κ1) is 13.2. The van der Waals surface area contributed by atoms with E-state index in [0.717, 1.165) is 18.4 Å². The van der Waals surface area contributed by atoms with Crippen molar-refractivity contribution >= 4 is 5.78 Å². The fourth-order valence-electron chi connectivity index (χ4n) is 1.58. The molecule has 2 aromatic rings. The third-order valence-electron chi connectivity index (χ3n) is 2.55. The second kappa shape index (κ2) is 6.09. The molecule has 0 amide bonds. The summed E-state index contributed by atoms with van der Waals surface area (Å²) < 4.78 is 18.2. The van der Waals surface area contributed by atoms with Crippen LogP contribution in [0.2, 0.25) is 0 Å². The fraction of sp³-hybridized carbons (Fsp3) is 0.200. The Morgan fingerprint density at radius 3 is 2.53 bits per heavy atom. The normalized spacial score (nSPS) is 10.2. The van der Waals surface area contributed by atoms with Gasteiger partial charge in [-0.25, -0.2) is 9.37 Å². The van der Waals surface area contributed by atoms with Gasteiger partial charge in [0.05, 0.1) is 12.8 Å². The maximum absolute atomic E-state index is 12.7. The van der Waals surface area contributed by atoms with Crippen molar-refractivity contribution in [2.24, 2.45) is 0 Å². The van der Waals surface area contributed by atoms with Crippen molar-refractivity contribution in [3.8, 4) is 5.75 Å². The summed E-state index contributed by atoms with van der Waals surface area (Å²) in [4.78, 5) is 15.8. The topological polar surface area (TPSA) is 39.2 Å². The highest BCUT2D eigenvalue weighted by Crippen LogP contribution is 2.15. The van der Waals surface area contributed by atoms with E-state index in [1.54, 1.807) is 24.3 Å². The van der Waals surface area contributed by atoms with Crippen molar-refractivity contribution in [2.45, 2.75) is 13.3 Å². The molecule has 0 unspecified atom stereocenters. The van der Waals surface area contributed by atoms with Crippen molar-refractivity contribution in [3.05, 3.63) is 59.7 Å². The lowest BCUT2D eigenvalue weighted by molar-refractivity contribution is 0.103. The molecule has 4 heteroatoms. The van der Waals surface area contributed by atoms with Crippen LogP contribution in [-0.2, 0) is 0 Å². The van der Waals surface area contributed by atoms with Crippen LogP contribution in [0.25, 0.3) is 0 Å². The van der Waals surface area contributed by atoms with E-state index in [1.807, 2.05) is 6.92 Å². The summed E-state index contributed by atoms with van der Waals surface area (Å²) in [5.74, 6) is 0.0346. The maximum Gasteiger partial charge on any atom is 0.211 e. The van der Waals surface area contributed by atoms with Gasteiger partial charge in [-0.2, -0.15) is 0 Å². The highest BCUT2D eigenvalue weighted by atomic mass is 19.1. The molecule has 0 saturated carbocycles. The fourth-order valence-corrected chi connectivity index (χ4v) is 1.58. The van der Waals surface area contributed by atoms with E-state index in [4.69, 9.17) is 4.74 Å². The molecule has 3 nitrogen and oxygen atoms in total. The standard InChI is InChI=1S/C15H14FNO2/c1-2-9-19-13-6-3-11(4-7-13)15(18)14-8-5-12(16)10-17-14/h3-8,10H,2,9H2,1H3. The summed E-state index contributed by atoms with van der Waals surface area (Å²) in [7, 11) is 0. The van der Waals surface area contributed by atoms with Gasteiger partial charge in [0.25, 0.3) is 0 Å². The predicted molar refractivity (Wildman–Crippen MR) is 69.9 cm³/mol. The molecule has 0 saturated heterocycles. The lowest BCUT2D eigenvalue weighted by Crippen LogP contribution is -2.04. The van der Waals surface area contributed by atoms with Gasteiger partial charge in [0.2, 0.25) is 5.78 Å². The lowest BCUT2D eigenvalue weighted by Gasteiger charge is -2.05. The average Bonchev–Trinajstić information content (AvgIpc) is 2.46. The Bertz CT molecular complexity index is 549. The first-order valence-corrected chi connectivity index (χ1v) is 6.10. The third-order valence-corrected chi connectivity index (χ3v) is 2.55. The molecule has 1 heterocycles. The SMILES string of the molecule is CCCOc1ccc(C(=O)c2ccc(F)cn2)cc1. The van der Waals surface area contributed by atoms with Gasteiger partial charge in [-0.15, -0.1) is 0 Å². The number of rotatable bonds is 5. The zero-order valence-electron chi connectivity index (χ0n) is 10.6. The number of ether oxygens (including phenoxy) is 1. The molecular weight excluding hydrogens is 245 g/mol. The second-order valence-corrected chi connectivity index (χ2v) is 4.06. The summed E-state index contributed by atoms with van der Waals surface area (Å²) in [5.41, 5.74) is 0.728. The molecule has 0 N–H and O–H groups in total. The Labute approximate surface area is 111 Å². The highest BCUT2D eigenvalue weighted by Gasteiger charge is 2.10. The summed E-state index contributed by atoms with van der Waals surface area (Å²) in [6, 6.07) is 9.44. The Kier molecular flexibility index (Phi) is 4.23. The molecule has 0 bridgehead atoms. The van der Waals surface area contributed by atoms with E-state index in [2.05, 4.69) is 4.98 Å². The number of ketones is 1. The molecule has 0 aliphatic heterocycles. The molecule has 0 aliphatic rings. The zero-order valence-corrected chi connectivity index (χ0v) is 10.6. The smallest absolute Gasteiger partial charge is 0.211 e. The minimum atomic E-state index is -0.458. The Hall–Kier alpha value is -2.23. The maximum atomic E-state index is 12.7. The molecule has 98 valence electrons. The van der Waals surface area contributed by atoms with Gasteiger partial charge >= 0.3 is 0 Å². The van der Waals surface area contributed by atoms with Gasteiger partial charge in [-0.1, -0.05) is 6.92 Å². The van der Waals surface area contributed by atoms with E-state index in [1.165, 1.54) is 12.1 Å². The van der Waals surface area contributed by atoms with Crippen molar-refractivity contribution in [1.29, 1.82) is 0 Å². The average molecular weight is 259 g/mol. The van der Waals surface area contributed by atoms with Gasteiger partial charge in [0, 0.05) is 5.56 Å². The highest BCUT2D eigenvalue weighted by molar-refractivity contribution is 6.07. The number of benzene rings is 1. The third kappa shape index (κ3) is 3.37. The Morgan fingerprint density at radius 2 is 1.95 bits per heavy atom. The summed E-state index contributed by atoms with van der Waals surface area (Å²) in [5, 5.41) is 0. The Balaban J connectivity index is 2.13. The molecule has 0 radical (unpaired) electrons. The van der Waals surface area contributed by atoms with Crippen LogP contribution < -0.4 is 4.74 Å². The molecular formula is C15H14FNO2. The quantitative estimate of drug-likeness (QED) is 0.774. The number of hydrogen-bond acceptors (Lipinski definition) is 3. The number of halogens is 1. The monoisotopic (exact) mass is 259 g/mol. The van der Waals surface area contributed by atoms with Gasteiger partial charge in [-0.05, 0) is 42.8 Å². The van der Waals surface area contributed by atoms with E-state index in [-0.39, 0.29) is 11.5 Å². The van der Waals surface area contributed by atoms with Gasteiger partial charge in [0.1, 0.15) is 17.3 Å². The van der Waals surface area contributed by atoms with Crippen LogP contribution in [0.5, 0.6) is 5.75 Å². The molecule has 1 aromatic carbocycles. The first-order chi connectivity index (χ1) is 9.20. The van der Waals surface area contributed by atoms with E-state index >= 15 is 0 Å². The molecule has 0 atom stereocenters. The van der Waals surface area contributed by atoms with E-state index in [9.17, 15) is 9.18 Å². The number of nitrogens with zero attached hydrogens (tertiary/aromatic N) is 1. The van der Waals surface area contributed by atoms with Crippen LogP contribution in [0.4, 0.5) is 4.39 Å². The van der Waals surface area contributed by atoms with E-state index < -0.39 is 5.82 Å². The van der Waals surface area contributed by atoms with Crippen LogP contribution in [0.1, 0.15) is 29.4 Å². The number of pyridine rings is 1. The van der Waals surface area contributed by atoms with Crippen molar-refractivity contribution < 1.29 is 13.9 Å². The molecule has 2 rings (SSSR count). The van der Waals surface area contributed by atoms with Crippen LogP contribution in [0.15, 0.2) is 42.6 Å². The molecule has 0 fully saturated rings. The molecule has 0 spiro atoms. The van der Waals surface area contributed by atoms with Gasteiger partial charge < -0.3 is 4.74 Å². The first-order valence-electron chi connectivity index (χ1n) is 6.10. The Morgan fingerprint density at radius 1 is 1.21 bits per heavy atom. The van der Waals surface area contributed by atoms with Crippen LogP contribution in [0.3, 0.4) is 0 Å². The van der Waals surface area contributed by atoms with Crippen LogP contribution in [0, 0.1) is 5.82 Å². The summed E-state index contributed by atoms with van der Waals surface area (Å²) in [6.07, 6.45) is 1.96. The zero-order chi connectivity index (χ0) is 13.7. The number of hydrogen-bond donors (Lipinski definition) is 0. The number of carbonyl (C=O) groups excluding carboxylic acids is 1. The molecule has 19 heavy (non-hydrogen) atoms. The van der Waals surface area contributed by atoms with Crippen molar-refractivity contribution in [2.75, 3.05) is 6.61 Å². The van der Waals surface area contributed by atoms with Crippen LogP contribution in [-0.4, -0.2) is 17.4 Å². The number of aromatic nitrogens is 1. The largest absolute Gasteiger partial charge is 0.494 e. The van der Waals surface area contributed by atoms with E-state index in [0.29, 0.717) is 12.2 Å². The summed E-state index contributed by atoms with van der Waals surface area (Å²) >= 11 is 0. The van der Waals surface area contributed by atoms with Crippen molar-refractivity contribution in [3.63, 3.8) is 0 Å².